The van der Waals surface area contributed by atoms with Crippen molar-refractivity contribution >= 4 is 11.6 Å². The Kier molecular flexibility index (Phi) is 4.73. The van der Waals surface area contributed by atoms with Crippen molar-refractivity contribution in [2.75, 3.05) is 13.1 Å². The van der Waals surface area contributed by atoms with Gasteiger partial charge in [0, 0.05) is 36.2 Å². The van der Waals surface area contributed by atoms with E-state index in [2.05, 4.69) is 37.9 Å². The molecule has 1 fully saturated rings. The Labute approximate surface area is 126 Å². The van der Waals surface area contributed by atoms with Gasteiger partial charge in [-0.1, -0.05) is 31.5 Å². The van der Waals surface area contributed by atoms with Gasteiger partial charge in [0.25, 0.3) is 0 Å². The first-order valence-corrected chi connectivity index (χ1v) is 7.59. The van der Waals surface area contributed by atoms with Gasteiger partial charge in [-0.15, -0.1) is 0 Å². The molecule has 0 saturated carbocycles. The zero-order chi connectivity index (χ0) is 14.9. The molecule has 0 bridgehead atoms. The number of nitrogens with zero attached hydrogens (tertiary/aromatic N) is 1. The summed E-state index contributed by atoms with van der Waals surface area (Å²) in [6, 6.07) is 5.15. The molecule has 2 rings (SSSR count). The van der Waals surface area contributed by atoms with E-state index in [4.69, 9.17) is 11.6 Å². The Balaban J connectivity index is 2.18. The van der Waals surface area contributed by atoms with Crippen LogP contribution in [-0.4, -0.2) is 29.6 Å². The highest BCUT2D eigenvalue weighted by molar-refractivity contribution is 6.31. The second-order valence-corrected chi connectivity index (χ2v) is 7.12. The van der Waals surface area contributed by atoms with Crippen LogP contribution in [0.5, 0.6) is 0 Å². The van der Waals surface area contributed by atoms with E-state index in [9.17, 15) is 4.39 Å². The molecule has 0 aromatic heterocycles. The summed E-state index contributed by atoms with van der Waals surface area (Å²) in [7, 11) is 0. The Hall–Kier alpha value is -0.640. The van der Waals surface area contributed by atoms with E-state index in [-0.39, 0.29) is 11.4 Å². The predicted octanol–water partition coefficient (Wildman–Crippen LogP) is 3.69. The quantitative estimate of drug-likeness (QED) is 0.915. The number of piperazine rings is 1. The fourth-order valence-electron chi connectivity index (χ4n) is 2.89. The van der Waals surface area contributed by atoms with Crippen molar-refractivity contribution in [3.8, 4) is 0 Å². The van der Waals surface area contributed by atoms with Crippen molar-refractivity contribution in [3.63, 3.8) is 0 Å². The van der Waals surface area contributed by atoms with Crippen molar-refractivity contribution in [1.29, 1.82) is 0 Å². The zero-order valence-electron chi connectivity index (χ0n) is 12.7. The SMILES string of the molecule is CC(C)C1CNC(C)(C)CN1Cc1ccc(F)cc1Cl. The van der Waals surface area contributed by atoms with Crippen LogP contribution in [0, 0.1) is 11.7 Å². The van der Waals surface area contributed by atoms with Crippen molar-refractivity contribution < 1.29 is 4.39 Å². The molecule has 1 saturated heterocycles. The van der Waals surface area contributed by atoms with Crippen LogP contribution >= 0.6 is 11.6 Å². The molecule has 1 atom stereocenters. The van der Waals surface area contributed by atoms with Crippen molar-refractivity contribution in [1.82, 2.24) is 10.2 Å². The number of hydrogen-bond donors (Lipinski definition) is 1. The van der Waals surface area contributed by atoms with Gasteiger partial charge in [0.15, 0.2) is 0 Å². The molecule has 0 aliphatic carbocycles. The third-order valence-electron chi connectivity index (χ3n) is 4.02. The Morgan fingerprint density at radius 2 is 2.15 bits per heavy atom. The molecule has 0 amide bonds. The van der Waals surface area contributed by atoms with E-state index in [1.807, 2.05) is 0 Å². The summed E-state index contributed by atoms with van der Waals surface area (Å²) in [6.07, 6.45) is 0. The third-order valence-corrected chi connectivity index (χ3v) is 4.37. The van der Waals surface area contributed by atoms with E-state index in [1.165, 1.54) is 12.1 Å². The third kappa shape index (κ3) is 3.72. The average Bonchev–Trinajstić information content (AvgIpc) is 2.31. The lowest BCUT2D eigenvalue weighted by Crippen LogP contribution is -2.62. The molecule has 1 unspecified atom stereocenters. The summed E-state index contributed by atoms with van der Waals surface area (Å²) < 4.78 is 13.1. The summed E-state index contributed by atoms with van der Waals surface area (Å²) in [5.74, 6) is 0.289. The highest BCUT2D eigenvalue weighted by Gasteiger charge is 2.34. The van der Waals surface area contributed by atoms with E-state index in [1.54, 1.807) is 6.07 Å². The molecule has 2 nitrogen and oxygen atoms in total. The maximum Gasteiger partial charge on any atom is 0.124 e. The first-order valence-electron chi connectivity index (χ1n) is 7.21. The summed E-state index contributed by atoms with van der Waals surface area (Å²) >= 11 is 6.16. The van der Waals surface area contributed by atoms with Gasteiger partial charge in [0.05, 0.1) is 0 Å². The minimum Gasteiger partial charge on any atom is -0.309 e. The van der Waals surface area contributed by atoms with Crippen LogP contribution < -0.4 is 5.32 Å². The number of halogens is 2. The van der Waals surface area contributed by atoms with E-state index >= 15 is 0 Å². The van der Waals surface area contributed by atoms with E-state index in [0.29, 0.717) is 17.0 Å². The van der Waals surface area contributed by atoms with E-state index < -0.39 is 0 Å². The van der Waals surface area contributed by atoms with Crippen LogP contribution in [0.4, 0.5) is 4.39 Å². The van der Waals surface area contributed by atoms with Gasteiger partial charge in [-0.25, -0.2) is 4.39 Å². The fraction of sp³-hybridized carbons (Fsp3) is 0.625. The monoisotopic (exact) mass is 298 g/mol. The maximum atomic E-state index is 13.1. The molecular weight excluding hydrogens is 275 g/mol. The molecule has 4 heteroatoms. The van der Waals surface area contributed by atoms with Gasteiger partial charge < -0.3 is 5.32 Å². The second kappa shape index (κ2) is 6.00. The molecule has 1 heterocycles. The molecule has 0 spiro atoms. The summed E-state index contributed by atoms with van der Waals surface area (Å²) in [4.78, 5) is 2.46. The molecule has 0 radical (unpaired) electrons. The highest BCUT2D eigenvalue weighted by atomic mass is 35.5. The van der Waals surface area contributed by atoms with Crippen molar-refractivity contribution in [3.05, 3.63) is 34.6 Å². The normalized spacial score (nSPS) is 23.2. The molecule has 1 N–H and O–H groups in total. The molecule has 20 heavy (non-hydrogen) atoms. The topological polar surface area (TPSA) is 15.3 Å². The van der Waals surface area contributed by atoms with Crippen LogP contribution in [0.15, 0.2) is 18.2 Å². The molecule has 1 aromatic rings. The largest absolute Gasteiger partial charge is 0.309 e. The standard InChI is InChI=1S/C16H24ClFN2/c1-11(2)15-8-19-16(3,4)10-20(15)9-12-5-6-13(18)7-14(12)17/h5-7,11,15,19H,8-10H2,1-4H3. The van der Waals surface area contributed by atoms with Crippen LogP contribution in [0.3, 0.4) is 0 Å². The lowest BCUT2D eigenvalue weighted by molar-refractivity contribution is 0.0627. The first kappa shape index (κ1) is 15.7. The van der Waals surface area contributed by atoms with Crippen LogP contribution in [-0.2, 0) is 6.54 Å². The highest BCUT2D eigenvalue weighted by Crippen LogP contribution is 2.25. The first-order chi connectivity index (χ1) is 9.28. The number of nitrogens with one attached hydrogen (secondary N) is 1. The number of benzene rings is 1. The smallest absolute Gasteiger partial charge is 0.124 e. The number of rotatable bonds is 3. The van der Waals surface area contributed by atoms with Gasteiger partial charge in [0.1, 0.15) is 5.82 Å². The lowest BCUT2D eigenvalue weighted by atomic mass is 9.92. The molecule has 1 aromatic carbocycles. The van der Waals surface area contributed by atoms with Gasteiger partial charge in [-0.3, -0.25) is 4.90 Å². The Morgan fingerprint density at radius 3 is 2.75 bits per heavy atom. The Bertz CT molecular complexity index is 474. The van der Waals surface area contributed by atoms with E-state index in [0.717, 1.165) is 25.2 Å². The second-order valence-electron chi connectivity index (χ2n) is 6.72. The summed E-state index contributed by atoms with van der Waals surface area (Å²) in [6.45, 7) is 11.6. The molecule has 112 valence electrons. The minimum absolute atomic E-state index is 0.0951. The fourth-order valence-corrected chi connectivity index (χ4v) is 3.12. The van der Waals surface area contributed by atoms with Crippen LogP contribution in [0.2, 0.25) is 5.02 Å². The molecule has 1 aliphatic heterocycles. The molecule has 1 aliphatic rings. The predicted molar refractivity (Wildman–Crippen MR) is 82.5 cm³/mol. The Morgan fingerprint density at radius 1 is 1.45 bits per heavy atom. The summed E-state index contributed by atoms with van der Waals surface area (Å²) in [5.41, 5.74) is 1.09. The van der Waals surface area contributed by atoms with Gasteiger partial charge in [-0.05, 0) is 37.5 Å². The minimum atomic E-state index is -0.278. The zero-order valence-corrected chi connectivity index (χ0v) is 13.5. The lowest BCUT2D eigenvalue weighted by Gasteiger charge is -2.46. The maximum absolute atomic E-state index is 13.1. The van der Waals surface area contributed by atoms with Crippen LogP contribution in [0.1, 0.15) is 33.3 Å². The average molecular weight is 299 g/mol. The van der Waals surface area contributed by atoms with Crippen molar-refractivity contribution in [2.45, 2.75) is 45.8 Å². The van der Waals surface area contributed by atoms with Gasteiger partial charge in [0.2, 0.25) is 0 Å². The van der Waals surface area contributed by atoms with Gasteiger partial charge >= 0.3 is 0 Å². The number of hydrogen-bond acceptors (Lipinski definition) is 2. The van der Waals surface area contributed by atoms with Gasteiger partial charge in [-0.2, -0.15) is 0 Å². The summed E-state index contributed by atoms with van der Waals surface area (Å²) in [5, 5.41) is 4.11. The van der Waals surface area contributed by atoms with Crippen molar-refractivity contribution in [2.24, 2.45) is 5.92 Å². The van der Waals surface area contributed by atoms with Crippen LogP contribution in [0.25, 0.3) is 0 Å². The molecular formula is C16H24ClFN2.